The Morgan fingerprint density at radius 2 is 2.04 bits per heavy atom. The molecular formula is C19H20N2O4S. The van der Waals surface area contributed by atoms with E-state index in [0.717, 1.165) is 17.7 Å². The molecule has 0 fully saturated rings. The van der Waals surface area contributed by atoms with E-state index in [2.05, 4.69) is 18.8 Å². The number of hydrogen-bond acceptors (Lipinski definition) is 6. The third-order valence-corrected chi connectivity index (χ3v) is 5.50. The molecule has 1 aromatic heterocycles. The van der Waals surface area contributed by atoms with Crippen LogP contribution in [0.1, 0.15) is 52.5 Å². The summed E-state index contributed by atoms with van der Waals surface area (Å²) in [6.45, 7) is 4.35. The van der Waals surface area contributed by atoms with Gasteiger partial charge in [0.2, 0.25) is 0 Å². The Hall–Kier alpha value is -2.41. The van der Waals surface area contributed by atoms with E-state index >= 15 is 0 Å². The van der Waals surface area contributed by atoms with Crippen LogP contribution in [0.5, 0.6) is 0 Å². The molecule has 0 radical (unpaired) electrons. The van der Waals surface area contributed by atoms with Crippen molar-refractivity contribution in [1.82, 2.24) is 9.55 Å². The van der Waals surface area contributed by atoms with Gasteiger partial charge in [-0.1, -0.05) is 49.9 Å². The van der Waals surface area contributed by atoms with E-state index < -0.39 is 18.1 Å². The van der Waals surface area contributed by atoms with E-state index in [4.69, 9.17) is 4.74 Å². The number of aromatic nitrogens is 2. The largest absolute Gasteiger partial charge is 0.454 e. The average Bonchev–Trinajstić information content (AvgIpc) is 3.15. The van der Waals surface area contributed by atoms with Crippen molar-refractivity contribution >= 4 is 23.5 Å². The van der Waals surface area contributed by atoms with Gasteiger partial charge in [-0.15, -0.1) is 0 Å². The van der Waals surface area contributed by atoms with E-state index in [0.29, 0.717) is 23.2 Å². The fraction of sp³-hybridized carbons (Fsp3) is 0.368. The van der Waals surface area contributed by atoms with Gasteiger partial charge in [0.1, 0.15) is 5.56 Å². The molecule has 26 heavy (non-hydrogen) atoms. The summed E-state index contributed by atoms with van der Waals surface area (Å²) in [7, 11) is 0. The number of hydrogen-bond donors (Lipinski definition) is 0. The van der Waals surface area contributed by atoms with E-state index in [9.17, 15) is 14.4 Å². The Labute approximate surface area is 155 Å². The summed E-state index contributed by atoms with van der Waals surface area (Å²) < 4.78 is 6.49. The molecule has 1 atom stereocenters. The van der Waals surface area contributed by atoms with Crippen LogP contribution in [0.25, 0.3) is 0 Å². The molecule has 2 heterocycles. The van der Waals surface area contributed by atoms with Crippen LogP contribution < -0.4 is 5.56 Å². The van der Waals surface area contributed by atoms with Crippen LogP contribution in [0.2, 0.25) is 0 Å². The molecule has 0 N–H and O–H groups in total. The highest BCUT2D eigenvalue weighted by atomic mass is 32.2. The number of rotatable bonds is 6. The van der Waals surface area contributed by atoms with Crippen molar-refractivity contribution in [1.29, 1.82) is 0 Å². The van der Waals surface area contributed by atoms with Crippen molar-refractivity contribution in [3.63, 3.8) is 0 Å². The average molecular weight is 372 g/mol. The zero-order chi connectivity index (χ0) is 18.7. The summed E-state index contributed by atoms with van der Waals surface area (Å²) in [5.74, 6) is 0.0554. The lowest BCUT2D eigenvalue weighted by Gasteiger charge is -2.09. The van der Waals surface area contributed by atoms with Crippen LogP contribution in [0.15, 0.2) is 40.4 Å². The molecule has 1 aromatic carbocycles. The Morgan fingerprint density at radius 1 is 1.31 bits per heavy atom. The van der Waals surface area contributed by atoms with Gasteiger partial charge in [-0.25, -0.2) is 9.78 Å². The fourth-order valence-corrected chi connectivity index (χ4v) is 3.60. The number of fused-ring (bicyclic) bond motifs is 1. The topological polar surface area (TPSA) is 78.3 Å². The number of carbonyl (C=O) groups excluding carboxylic acids is 2. The molecule has 0 spiro atoms. The molecular weight excluding hydrogens is 352 g/mol. The Morgan fingerprint density at radius 3 is 2.73 bits per heavy atom. The second-order valence-corrected chi connectivity index (χ2v) is 7.25. The molecule has 136 valence electrons. The maximum absolute atomic E-state index is 12.3. The van der Waals surface area contributed by atoms with Gasteiger partial charge in [-0.05, 0) is 17.9 Å². The van der Waals surface area contributed by atoms with Gasteiger partial charge in [0.05, 0.1) is 6.20 Å². The third kappa shape index (κ3) is 3.72. The van der Waals surface area contributed by atoms with Gasteiger partial charge in [-0.3, -0.25) is 14.2 Å². The van der Waals surface area contributed by atoms with Gasteiger partial charge < -0.3 is 4.74 Å². The quantitative estimate of drug-likeness (QED) is 0.441. The molecule has 0 aliphatic carbocycles. The van der Waals surface area contributed by atoms with Crippen LogP contribution in [0.3, 0.4) is 0 Å². The molecule has 6 nitrogen and oxygen atoms in total. The normalized spacial score (nSPS) is 13.9. The maximum Gasteiger partial charge on any atom is 0.345 e. The monoisotopic (exact) mass is 372 g/mol. The predicted molar refractivity (Wildman–Crippen MR) is 99.0 cm³/mol. The lowest BCUT2D eigenvalue weighted by atomic mass is 9.97. The van der Waals surface area contributed by atoms with Crippen molar-refractivity contribution in [2.24, 2.45) is 0 Å². The Balaban J connectivity index is 1.64. The fourth-order valence-electron chi connectivity index (χ4n) is 2.68. The molecule has 0 amide bonds. The highest BCUT2D eigenvalue weighted by Gasteiger charge is 2.21. The number of esters is 1. The number of thioether (sulfide) groups is 1. The second kappa shape index (κ2) is 7.86. The molecule has 3 rings (SSSR count). The number of benzene rings is 1. The van der Waals surface area contributed by atoms with E-state index in [1.807, 2.05) is 12.1 Å². The zero-order valence-electron chi connectivity index (χ0n) is 14.7. The number of ketones is 1. The van der Waals surface area contributed by atoms with Gasteiger partial charge >= 0.3 is 5.97 Å². The van der Waals surface area contributed by atoms with Crippen LogP contribution >= 0.6 is 11.8 Å². The van der Waals surface area contributed by atoms with Gasteiger partial charge in [-0.2, -0.15) is 0 Å². The molecule has 1 aliphatic heterocycles. The summed E-state index contributed by atoms with van der Waals surface area (Å²) in [6.07, 6.45) is 2.24. The number of carbonyl (C=O) groups is 2. The van der Waals surface area contributed by atoms with Crippen LogP contribution in [0.4, 0.5) is 0 Å². The number of Topliss-reactive ketones (excluding diaryl/α,β-unsaturated/α-hetero) is 1. The summed E-state index contributed by atoms with van der Waals surface area (Å²) in [4.78, 5) is 40.7. The molecule has 0 saturated heterocycles. The standard InChI is InChI=1S/C19H20N2O4S/c1-3-12(2)13-4-6-14(7-5-13)16(22)11-25-18(24)15-10-20-19-21(17(15)23)8-9-26-19/h4-7,10,12H,3,8-9,11H2,1-2H3/t12-/m1/s1. The molecule has 7 heteroatoms. The smallest absolute Gasteiger partial charge is 0.345 e. The van der Waals surface area contributed by atoms with E-state index in [1.54, 1.807) is 12.1 Å². The van der Waals surface area contributed by atoms with Crippen molar-refractivity contribution in [3.05, 3.63) is 57.5 Å². The van der Waals surface area contributed by atoms with Gasteiger partial charge in [0.15, 0.2) is 17.5 Å². The van der Waals surface area contributed by atoms with Gasteiger partial charge in [0, 0.05) is 17.9 Å². The minimum absolute atomic E-state index is 0.142. The third-order valence-electron chi connectivity index (χ3n) is 4.52. The van der Waals surface area contributed by atoms with Crippen LogP contribution in [-0.2, 0) is 11.3 Å². The minimum Gasteiger partial charge on any atom is -0.454 e. The lowest BCUT2D eigenvalue weighted by molar-refractivity contribution is 0.0471. The summed E-state index contributed by atoms with van der Waals surface area (Å²) in [5, 5.41) is 0.601. The summed E-state index contributed by atoms with van der Waals surface area (Å²) in [6, 6.07) is 7.30. The van der Waals surface area contributed by atoms with Crippen molar-refractivity contribution < 1.29 is 14.3 Å². The first-order valence-corrected chi connectivity index (χ1v) is 9.52. The van der Waals surface area contributed by atoms with Crippen LogP contribution in [-0.4, -0.2) is 33.7 Å². The molecule has 0 saturated carbocycles. The van der Waals surface area contributed by atoms with Crippen LogP contribution in [0, 0.1) is 0 Å². The maximum atomic E-state index is 12.3. The predicted octanol–water partition coefficient (Wildman–Crippen LogP) is 2.90. The van der Waals surface area contributed by atoms with Crippen molar-refractivity contribution in [2.45, 2.75) is 37.9 Å². The van der Waals surface area contributed by atoms with E-state index in [-0.39, 0.29) is 11.3 Å². The highest BCUT2D eigenvalue weighted by Crippen LogP contribution is 2.21. The Bertz CT molecular complexity index is 889. The lowest BCUT2D eigenvalue weighted by Crippen LogP contribution is -2.28. The first-order valence-electron chi connectivity index (χ1n) is 8.54. The van der Waals surface area contributed by atoms with Crippen molar-refractivity contribution in [2.75, 3.05) is 12.4 Å². The Kier molecular flexibility index (Phi) is 5.56. The number of nitrogens with zero attached hydrogens (tertiary/aromatic N) is 2. The summed E-state index contributed by atoms with van der Waals surface area (Å²) in [5.41, 5.74) is 1.08. The second-order valence-electron chi connectivity index (χ2n) is 6.19. The first kappa shape index (κ1) is 18.4. The molecule has 0 bridgehead atoms. The molecule has 0 unspecified atom stereocenters. The van der Waals surface area contributed by atoms with Gasteiger partial charge in [0.25, 0.3) is 5.56 Å². The zero-order valence-corrected chi connectivity index (χ0v) is 15.5. The number of ether oxygens (including phenoxy) is 1. The SMILES string of the molecule is CC[C@@H](C)c1ccc(C(=O)COC(=O)c2cnc3n(c2=O)CCS3)cc1. The minimum atomic E-state index is -0.820. The first-order chi connectivity index (χ1) is 12.5. The molecule has 1 aliphatic rings. The van der Waals surface area contributed by atoms with Crippen molar-refractivity contribution in [3.8, 4) is 0 Å². The molecule has 2 aromatic rings. The summed E-state index contributed by atoms with van der Waals surface area (Å²) >= 11 is 1.47. The van der Waals surface area contributed by atoms with E-state index in [1.165, 1.54) is 22.5 Å². The highest BCUT2D eigenvalue weighted by molar-refractivity contribution is 7.99.